The number of fused-ring (bicyclic) bond motifs is 3. The van der Waals surface area contributed by atoms with Gasteiger partial charge in [0.2, 0.25) is 0 Å². The number of anilines is 1. The number of hydrogen-bond donors (Lipinski definition) is 1. The average molecular weight is 320 g/mol. The molecular formula is C20H17FN2O. The van der Waals surface area contributed by atoms with Gasteiger partial charge < -0.3 is 10.1 Å². The summed E-state index contributed by atoms with van der Waals surface area (Å²) in [5, 5.41) is 12.0. The molecular weight excluding hydrogens is 303 g/mol. The van der Waals surface area contributed by atoms with Crippen LogP contribution in [0.5, 0.6) is 5.75 Å². The lowest BCUT2D eigenvalue weighted by Gasteiger charge is -2.37. The molecule has 0 saturated carbocycles. The lowest BCUT2D eigenvalue weighted by Crippen LogP contribution is -2.29. The molecule has 3 nitrogen and oxygen atoms in total. The van der Waals surface area contributed by atoms with Crippen LogP contribution in [0, 0.1) is 23.1 Å². The molecule has 1 N–H and O–H groups in total. The van der Waals surface area contributed by atoms with E-state index in [1.807, 2.05) is 36.4 Å². The van der Waals surface area contributed by atoms with Crippen molar-refractivity contribution in [1.82, 2.24) is 0 Å². The van der Waals surface area contributed by atoms with Crippen molar-refractivity contribution in [3.05, 3.63) is 71.6 Å². The second-order valence-corrected chi connectivity index (χ2v) is 6.20. The van der Waals surface area contributed by atoms with Gasteiger partial charge >= 0.3 is 0 Å². The van der Waals surface area contributed by atoms with Crippen molar-refractivity contribution in [3.8, 4) is 11.8 Å². The number of para-hydroxylation sites is 1. The molecule has 0 amide bonds. The van der Waals surface area contributed by atoms with E-state index in [-0.39, 0.29) is 24.4 Å². The topological polar surface area (TPSA) is 45.0 Å². The molecule has 0 spiro atoms. The Bertz CT molecular complexity index is 823. The van der Waals surface area contributed by atoms with Gasteiger partial charge in [0.1, 0.15) is 17.6 Å². The monoisotopic (exact) mass is 320 g/mol. The van der Waals surface area contributed by atoms with Gasteiger partial charge in [0.05, 0.1) is 11.7 Å². The summed E-state index contributed by atoms with van der Waals surface area (Å²) < 4.78 is 19.6. The van der Waals surface area contributed by atoms with Gasteiger partial charge in [-0.1, -0.05) is 36.4 Å². The lowest BCUT2D eigenvalue weighted by molar-refractivity contribution is 0.367. The Labute approximate surface area is 140 Å². The molecule has 120 valence electrons. The van der Waals surface area contributed by atoms with Crippen molar-refractivity contribution in [2.45, 2.75) is 18.4 Å². The third-order valence-electron chi connectivity index (χ3n) is 4.89. The normalized spacial score (nSPS) is 23.8. The van der Waals surface area contributed by atoms with E-state index in [4.69, 9.17) is 10.00 Å². The fourth-order valence-corrected chi connectivity index (χ4v) is 3.80. The molecule has 0 fully saturated rings. The first-order valence-electron chi connectivity index (χ1n) is 8.09. The van der Waals surface area contributed by atoms with Crippen molar-refractivity contribution in [1.29, 1.82) is 5.26 Å². The van der Waals surface area contributed by atoms with Crippen molar-refractivity contribution in [3.63, 3.8) is 0 Å². The number of hydrogen-bond acceptors (Lipinski definition) is 3. The Morgan fingerprint density at radius 3 is 2.83 bits per heavy atom. The summed E-state index contributed by atoms with van der Waals surface area (Å²) in [5.74, 6) is 1.09. The number of nitriles is 1. The van der Waals surface area contributed by atoms with E-state index in [9.17, 15) is 4.39 Å². The predicted octanol–water partition coefficient (Wildman–Crippen LogP) is 4.55. The van der Waals surface area contributed by atoms with Gasteiger partial charge in [-0.05, 0) is 41.7 Å². The van der Waals surface area contributed by atoms with Gasteiger partial charge in [0.15, 0.2) is 6.61 Å². The minimum atomic E-state index is -0.203. The molecule has 0 saturated heterocycles. The van der Waals surface area contributed by atoms with Crippen LogP contribution in [0.15, 0.2) is 54.6 Å². The second-order valence-electron chi connectivity index (χ2n) is 6.20. The molecule has 2 aromatic rings. The average Bonchev–Trinajstić information content (AvgIpc) is 3.10. The third-order valence-corrected chi connectivity index (χ3v) is 4.89. The molecule has 0 bridgehead atoms. The van der Waals surface area contributed by atoms with Gasteiger partial charge in [-0.15, -0.1) is 0 Å². The lowest BCUT2D eigenvalue weighted by atomic mass is 9.77. The highest BCUT2D eigenvalue weighted by atomic mass is 19.1. The number of rotatable bonds is 3. The number of halogens is 1. The predicted molar refractivity (Wildman–Crippen MR) is 90.3 cm³/mol. The fraction of sp³-hybridized carbons (Fsp3) is 0.250. The summed E-state index contributed by atoms with van der Waals surface area (Å²) in [5.41, 5.74) is 2.76. The van der Waals surface area contributed by atoms with E-state index in [1.54, 1.807) is 6.07 Å². The summed E-state index contributed by atoms with van der Waals surface area (Å²) in [6, 6.07) is 15.0. The highest BCUT2D eigenvalue weighted by Gasteiger charge is 2.38. The number of benzene rings is 2. The first-order chi connectivity index (χ1) is 11.8. The number of ether oxygens (including phenoxy) is 1. The Hall–Kier alpha value is -2.80. The van der Waals surface area contributed by atoms with Crippen LogP contribution in [0.1, 0.15) is 29.5 Å². The third kappa shape index (κ3) is 2.43. The molecule has 1 aliphatic heterocycles. The molecule has 24 heavy (non-hydrogen) atoms. The van der Waals surface area contributed by atoms with Gasteiger partial charge in [-0.25, -0.2) is 4.39 Å². The van der Waals surface area contributed by atoms with Gasteiger partial charge in [0, 0.05) is 5.92 Å². The molecule has 0 aromatic heterocycles. The summed E-state index contributed by atoms with van der Waals surface area (Å²) in [6.45, 7) is 0.0359. The molecule has 4 rings (SSSR count). The van der Waals surface area contributed by atoms with E-state index in [0.29, 0.717) is 17.4 Å². The molecule has 4 heteroatoms. The highest BCUT2D eigenvalue weighted by molar-refractivity contribution is 5.60. The van der Waals surface area contributed by atoms with E-state index in [2.05, 4.69) is 17.5 Å². The molecule has 0 unspecified atom stereocenters. The summed E-state index contributed by atoms with van der Waals surface area (Å²) in [7, 11) is 0. The van der Waals surface area contributed by atoms with E-state index >= 15 is 0 Å². The molecule has 0 radical (unpaired) electrons. The van der Waals surface area contributed by atoms with Crippen molar-refractivity contribution >= 4 is 5.69 Å². The zero-order valence-electron chi connectivity index (χ0n) is 13.1. The van der Waals surface area contributed by atoms with Crippen LogP contribution >= 0.6 is 0 Å². The maximum absolute atomic E-state index is 14.3. The zero-order valence-corrected chi connectivity index (χ0v) is 13.1. The Kier molecular flexibility index (Phi) is 3.70. The molecule has 2 aromatic carbocycles. The molecule has 1 aliphatic carbocycles. The Balaban J connectivity index is 1.67. The largest absolute Gasteiger partial charge is 0.479 e. The quantitative estimate of drug-likeness (QED) is 0.844. The summed E-state index contributed by atoms with van der Waals surface area (Å²) >= 11 is 0. The van der Waals surface area contributed by atoms with E-state index in [1.165, 1.54) is 6.07 Å². The highest BCUT2D eigenvalue weighted by Crippen LogP contribution is 2.50. The first kappa shape index (κ1) is 14.8. The van der Waals surface area contributed by atoms with Crippen LogP contribution in [0.2, 0.25) is 0 Å². The number of nitrogens with zero attached hydrogens (tertiary/aromatic N) is 1. The smallest absolute Gasteiger partial charge is 0.174 e. The molecule has 2 aliphatic rings. The van der Waals surface area contributed by atoms with Gasteiger partial charge in [-0.3, -0.25) is 0 Å². The van der Waals surface area contributed by atoms with Crippen LogP contribution in [0.3, 0.4) is 0 Å². The standard InChI is InChI=1S/C20H17FN2O/c21-18-6-2-5-17-15-3-1-4-16(15)19(23-20(17)18)13-7-9-14(10-8-13)24-12-11-22/h1-3,5-10,15-16,19,23H,4,12H2/t15-,16+,19-/m0/s1. The minimum Gasteiger partial charge on any atom is -0.479 e. The second kappa shape index (κ2) is 6.01. The zero-order chi connectivity index (χ0) is 16.5. The number of nitrogens with one attached hydrogen (secondary N) is 1. The van der Waals surface area contributed by atoms with Gasteiger partial charge in [-0.2, -0.15) is 5.26 Å². The maximum atomic E-state index is 14.3. The van der Waals surface area contributed by atoms with Gasteiger partial charge in [0.25, 0.3) is 0 Å². The van der Waals surface area contributed by atoms with Crippen LogP contribution in [-0.2, 0) is 0 Å². The summed E-state index contributed by atoms with van der Waals surface area (Å²) in [4.78, 5) is 0. The SMILES string of the molecule is N#CCOc1ccc([C@@H]2Nc3c(F)cccc3[C@H]3C=CC[C@H]32)cc1. The first-order valence-corrected chi connectivity index (χ1v) is 8.09. The van der Waals surface area contributed by atoms with Crippen LogP contribution in [0.25, 0.3) is 0 Å². The van der Waals surface area contributed by atoms with Crippen LogP contribution < -0.4 is 10.1 Å². The van der Waals surface area contributed by atoms with Crippen molar-refractivity contribution in [2.24, 2.45) is 5.92 Å². The van der Waals surface area contributed by atoms with Crippen LogP contribution in [-0.4, -0.2) is 6.61 Å². The minimum absolute atomic E-state index is 0.0359. The van der Waals surface area contributed by atoms with Crippen molar-refractivity contribution < 1.29 is 9.13 Å². The van der Waals surface area contributed by atoms with E-state index in [0.717, 1.165) is 17.5 Å². The van der Waals surface area contributed by atoms with Crippen molar-refractivity contribution in [2.75, 3.05) is 11.9 Å². The number of allylic oxidation sites excluding steroid dienone is 2. The van der Waals surface area contributed by atoms with Crippen LogP contribution in [0.4, 0.5) is 10.1 Å². The Morgan fingerprint density at radius 1 is 1.21 bits per heavy atom. The maximum Gasteiger partial charge on any atom is 0.174 e. The Morgan fingerprint density at radius 2 is 2.04 bits per heavy atom. The van der Waals surface area contributed by atoms with E-state index < -0.39 is 0 Å². The fourth-order valence-electron chi connectivity index (χ4n) is 3.80. The molecule has 1 heterocycles. The molecule has 3 atom stereocenters. The summed E-state index contributed by atoms with van der Waals surface area (Å²) in [6.07, 6.45) is 5.36.